The van der Waals surface area contributed by atoms with Crippen LogP contribution in [0.4, 0.5) is 0 Å². The molecule has 0 aliphatic heterocycles. The maximum atomic E-state index is 11.6. The van der Waals surface area contributed by atoms with Crippen molar-refractivity contribution in [3.63, 3.8) is 0 Å². The van der Waals surface area contributed by atoms with Gasteiger partial charge < -0.3 is 14.5 Å². The Morgan fingerprint density at radius 2 is 2.27 bits per heavy atom. The molecule has 1 aliphatic carbocycles. The molecule has 0 unspecified atom stereocenters. The minimum atomic E-state index is -0.568. The molecular weight excluding hydrogens is 282 g/mol. The van der Waals surface area contributed by atoms with Crippen LogP contribution in [0.25, 0.3) is 6.08 Å². The SMILES string of the molecule is O=C(COC(=O)/C=C/c1ccco1)NCCC1=CCCCC1. The second kappa shape index (κ2) is 8.87. The topological polar surface area (TPSA) is 68.5 Å². The number of furan rings is 1. The Bertz CT molecular complexity index is 543. The van der Waals surface area contributed by atoms with Gasteiger partial charge in [0.25, 0.3) is 5.91 Å². The zero-order valence-corrected chi connectivity index (χ0v) is 12.5. The summed E-state index contributed by atoms with van der Waals surface area (Å²) in [4.78, 5) is 23.0. The molecule has 1 aromatic heterocycles. The van der Waals surface area contributed by atoms with Gasteiger partial charge in [0.15, 0.2) is 6.61 Å². The zero-order valence-electron chi connectivity index (χ0n) is 12.5. The number of hydrogen-bond acceptors (Lipinski definition) is 4. The molecule has 118 valence electrons. The molecule has 5 heteroatoms. The van der Waals surface area contributed by atoms with Crippen molar-refractivity contribution in [1.82, 2.24) is 5.32 Å². The largest absolute Gasteiger partial charge is 0.465 e. The number of esters is 1. The molecule has 1 N–H and O–H groups in total. The highest BCUT2D eigenvalue weighted by Crippen LogP contribution is 2.19. The molecule has 1 amide bonds. The Labute approximate surface area is 130 Å². The van der Waals surface area contributed by atoms with Crippen LogP contribution in [0, 0.1) is 0 Å². The molecule has 0 saturated heterocycles. The summed E-state index contributed by atoms with van der Waals surface area (Å²) in [6.07, 6.45) is 12.1. The molecule has 0 atom stereocenters. The first-order chi connectivity index (χ1) is 10.7. The summed E-state index contributed by atoms with van der Waals surface area (Å²) in [5, 5.41) is 2.76. The molecule has 0 fully saturated rings. The third kappa shape index (κ3) is 5.99. The highest BCUT2D eigenvalue weighted by molar-refractivity contribution is 5.88. The highest BCUT2D eigenvalue weighted by Gasteiger charge is 2.07. The normalized spacial score (nSPS) is 14.6. The summed E-state index contributed by atoms with van der Waals surface area (Å²) in [5.74, 6) is -0.292. The van der Waals surface area contributed by atoms with Gasteiger partial charge >= 0.3 is 5.97 Å². The van der Waals surface area contributed by atoms with Crippen LogP contribution < -0.4 is 5.32 Å². The molecule has 0 aromatic carbocycles. The van der Waals surface area contributed by atoms with Gasteiger partial charge in [-0.2, -0.15) is 0 Å². The molecule has 2 rings (SSSR count). The van der Waals surface area contributed by atoms with E-state index in [0.717, 1.165) is 19.3 Å². The van der Waals surface area contributed by atoms with Crippen LogP contribution in [-0.4, -0.2) is 25.0 Å². The number of allylic oxidation sites excluding steroid dienone is 1. The van der Waals surface area contributed by atoms with E-state index in [-0.39, 0.29) is 12.5 Å². The Balaban J connectivity index is 1.58. The molecular formula is C17H21NO4. The summed E-state index contributed by atoms with van der Waals surface area (Å²) in [7, 11) is 0. The van der Waals surface area contributed by atoms with Crippen molar-refractivity contribution in [2.24, 2.45) is 0 Å². The van der Waals surface area contributed by atoms with Crippen molar-refractivity contribution < 1.29 is 18.7 Å². The Hall–Kier alpha value is -2.30. The quantitative estimate of drug-likeness (QED) is 0.478. The lowest BCUT2D eigenvalue weighted by Gasteiger charge is -2.12. The second-order valence-corrected chi connectivity index (χ2v) is 5.16. The van der Waals surface area contributed by atoms with E-state index in [1.165, 1.54) is 36.8 Å². The lowest BCUT2D eigenvalue weighted by atomic mass is 9.97. The third-order valence-electron chi connectivity index (χ3n) is 3.43. The standard InChI is InChI=1S/C17H21NO4/c19-16(18-11-10-14-5-2-1-3-6-14)13-22-17(20)9-8-15-7-4-12-21-15/h4-5,7-9,12H,1-3,6,10-11,13H2,(H,18,19)/b9-8+. The van der Waals surface area contributed by atoms with Crippen molar-refractivity contribution in [2.75, 3.05) is 13.2 Å². The van der Waals surface area contributed by atoms with Crippen molar-refractivity contribution >= 4 is 18.0 Å². The van der Waals surface area contributed by atoms with Crippen molar-refractivity contribution in [2.45, 2.75) is 32.1 Å². The van der Waals surface area contributed by atoms with Crippen LogP contribution >= 0.6 is 0 Å². The lowest BCUT2D eigenvalue weighted by Crippen LogP contribution is -2.29. The van der Waals surface area contributed by atoms with Crippen LogP contribution in [0.15, 0.2) is 40.5 Å². The minimum absolute atomic E-state index is 0.264. The van der Waals surface area contributed by atoms with Gasteiger partial charge in [-0.3, -0.25) is 4.79 Å². The van der Waals surface area contributed by atoms with Crippen LogP contribution in [-0.2, 0) is 14.3 Å². The number of hydrogen-bond donors (Lipinski definition) is 1. The van der Waals surface area contributed by atoms with Gasteiger partial charge in [-0.15, -0.1) is 0 Å². The number of rotatable bonds is 7. The van der Waals surface area contributed by atoms with Crippen LogP contribution in [0.5, 0.6) is 0 Å². The Morgan fingerprint density at radius 1 is 1.36 bits per heavy atom. The van der Waals surface area contributed by atoms with E-state index >= 15 is 0 Å². The molecule has 0 saturated carbocycles. The first kappa shape index (κ1) is 16.1. The number of amides is 1. The molecule has 1 aliphatic rings. The highest BCUT2D eigenvalue weighted by atomic mass is 16.5. The van der Waals surface area contributed by atoms with Crippen molar-refractivity contribution in [3.05, 3.63) is 41.9 Å². The first-order valence-corrected chi connectivity index (χ1v) is 7.57. The Kier molecular flexibility index (Phi) is 6.48. The van der Waals surface area contributed by atoms with Gasteiger partial charge in [-0.25, -0.2) is 4.79 Å². The van der Waals surface area contributed by atoms with Gasteiger partial charge in [0, 0.05) is 12.6 Å². The molecule has 1 aromatic rings. The number of ether oxygens (including phenoxy) is 1. The number of carbonyl (C=O) groups is 2. The summed E-state index contributed by atoms with van der Waals surface area (Å²) in [6.45, 7) is 0.324. The second-order valence-electron chi connectivity index (χ2n) is 5.16. The van der Waals surface area contributed by atoms with Gasteiger partial charge in [-0.1, -0.05) is 11.6 Å². The number of nitrogens with one attached hydrogen (secondary N) is 1. The van der Waals surface area contributed by atoms with Crippen LogP contribution in [0.3, 0.4) is 0 Å². The van der Waals surface area contributed by atoms with E-state index in [1.54, 1.807) is 12.1 Å². The zero-order chi connectivity index (χ0) is 15.6. The van der Waals surface area contributed by atoms with Gasteiger partial charge in [0.05, 0.1) is 6.26 Å². The van der Waals surface area contributed by atoms with E-state index < -0.39 is 5.97 Å². The molecule has 5 nitrogen and oxygen atoms in total. The summed E-state index contributed by atoms with van der Waals surface area (Å²) >= 11 is 0. The number of carbonyl (C=O) groups excluding carboxylic acids is 2. The average Bonchev–Trinajstić information content (AvgIpc) is 3.05. The van der Waals surface area contributed by atoms with E-state index in [4.69, 9.17) is 9.15 Å². The monoisotopic (exact) mass is 303 g/mol. The van der Waals surface area contributed by atoms with E-state index in [1.807, 2.05) is 0 Å². The molecule has 0 bridgehead atoms. The van der Waals surface area contributed by atoms with E-state index in [0.29, 0.717) is 12.3 Å². The average molecular weight is 303 g/mol. The maximum absolute atomic E-state index is 11.6. The smallest absolute Gasteiger partial charge is 0.331 e. The fourth-order valence-corrected chi connectivity index (χ4v) is 2.27. The van der Waals surface area contributed by atoms with E-state index in [2.05, 4.69) is 11.4 Å². The predicted molar refractivity (Wildman–Crippen MR) is 82.9 cm³/mol. The first-order valence-electron chi connectivity index (χ1n) is 7.57. The summed E-state index contributed by atoms with van der Waals surface area (Å²) in [5.41, 5.74) is 1.41. The van der Waals surface area contributed by atoms with Crippen molar-refractivity contribution in [1.29, 1.82) is 0 Å². The van der Waals surface area contributed by atoms with Crippen LogP contribution in [0.1, 0.15) is 37.9 Å². The predicted octanol–water partition coefficient (Wildman–Crippen LogP) is 2.84. The van der Waals surface area contributed by atoms with Gasteiger partial charge in [-0.05, 0) is 50.3 Å². The Morgan fingerprint density at radius 3 is 3.00 bits per heavy atom. The van der Waals surface area contributed by atoms with Crippen LogP contribution in [0.2, 0.25) is 0 Å². The minimum Gasteiger partial charge on any atom is -0.465 e. The van der Waals surface area contributed by atoms with Gasteiger partial charge in [0.2, 0.25) is 0 Å². The van der Waals surface area contributed by atoms with Gasteiger partial charge in [0.1, 0.15) is 5.76 Å². The fourth-order valence-electron chi connectivity index (χ4n) is 2.27. The third-order valence-corrected chi connectivity index (χ3v) is 3.43. The maximum Gasteiger partial charge on any atom is 0.331 e. The lowest BCUT2D eigenvalue weighted by molar-refractivity contribution is -0.143. The molecule has 1 heterocycles. The molecule has 22 heavy (non-hydrogen) atoms. The summed E-state index contributed by atoms with van der Waals surface area (Å²) in [6, 6.07) is 3.44. The van der Waals surface area contributed by atoms with E-state index in [9.17, 15) is 9.59 Å². The molecule has 0 radical (unpaired) electrons. The van der Waals surface area contributed by atoms with Crippen molar-refractivity contribution in [3.8, 4) is 0 Å². The molecule has 0 spiro atoms. The fraction of sp³-hybridized carbons (Fsp3) is 0.412. The summed E-state index contributed by atoms with van der Waals surface area (Å²) < 4.78 is 9.89.